The summed E-state index contributed by atoms with van der Waals surface area (Å²) < 4.78 is 0. The standard InChI is InChI=1S/C10H20N2O2/c1-3-6-12(8-4-5-8)7-9(11-2)10(13)14/h8-9,11H,3-7H2,1-2H3,(H,13,14). The molecular formula is C10H20N2O2. The molecule has 2 N–H and O–H groups in total. The molecule has 1 unspecified atom stereocenters. The third-order valence-electron chi connectivity index (χ3n) is 2.64. The summed E-state index contributed by atoms with van der Waals surface area (Å²) in [5, 5.41) is 11.7. The van der Waals surface area contributed by atoms with E-state index in [2.05, 4.69) is 17.1 Å². The minimum absolute atomic E-state index is 0.429. The Bertz CT molecular complexity index is 193. The molecule has 1 aliphatic rings. The monoisotopic (exact) mass is 200 g/mol. The molecule has 0 heterocycles. The number of rotatable bonds is 7. The van der Waals surface area contributed by atoms with Crippen molar-refractivity contribution in [1.29, 1.82) is 0 Å². The lowest BCUT2D eigenvalue weighted by Gasteiger charge is -2.24. The minimum Gasteiger partial charge on any atom is -0.480 e. The fourth-order valence-electron chi connectivity index (χ4n) is 1.68. The fraction of sp³-hybridized carbons (Fsp3) is 0.900. The number of hydrogen-bond acceptors (Lipinski definition) is 3. The normalized spacial score (nSPS) is 18.5. The van der Waals surface area contributed by atoms with Crippen LogP contribution in [0.4, 0.5) is 0 Å². The lowest BCUT2D eigenvalue weighted by Crippen LogP contribution is -2.45. The van der Waals surface area contributed by atoms with Crippen LogP contribution in [0.5, 0.6) is 0 Å². The smallest absolute Gasteiger partial charge is 0.322 e. The van der Waals surface area contributed by atoms with Crippen molar-refractivity contribution >= 4 is 5.97 Å². The Hall–Kier alpha value is -0.610. The molecule has 0 radical (unpaired) electrons. The van der Waals surface area contributed by atoms with Crippen molar-refractivity contribution in [2.24, 2.45) is 0 Å². The van der Waals surface area contributed by atoms with Gasteiger partial charge in [0, 0.05) is 12.6 Å². The number of hydrogen-bond donors (Lipinski definition) is 2. The Kier molecular flexibility index (Phi) is 4.35. The first kappa shape index (κ1) is 11.5. The van der Waals surface area contributed by atoms with Crippen LogP contribution >= 0.6 is 0 Å². The summed E-state index contributed by atoms with van der Waals surface area (Å²) in [5.41, 5.74) is 0. The van der Waals surface area contributed by atoms with E-state index in [0.29, 0.717) is 12.6 Å². The van der Waals surface area contributed by atoms with Crippen LogP contribution in [0.2, 0.25) is 0 Å². The SMILES string of the molecule is CCCN(CC(NC)C(=O)O)C1CC1. The highest BCUT2D eigenvalue weighted by molar-refractivity contribution is 5.73. The molecular weight excluding hydrogens is 180 g/mol. The number of nitrogens with one attached hydrogen (secondary N) is 1. The number of carboxylic acid groups (broad SMARTS) is 1. The molecule has 4 nitrogen and oxygen atoms in total. The highest BCUT2D eigenvalue weighted by atomic mass is 16.4. The lowest BCUT2D eigenvalue weighted by molar-refractivity contribution is -0.139. The van der Waals surface area contributed by atoms with E-state index in [-0.39, 0.29) is 0 Å². The van der Waals surface area contributed by atoms with Crippen LogP contribution in [-0.2, 0) is 4.79 Å². The first-order chi connectivity index (χ1) is 6.69. The average molecular weight is 200 g/mol. The molecule has 82 valence electrons. The second kappa shape index (κ2) is 5.32. The van der Waals surface area contributed by atoms with Crippen LogP contribution in [0.25, 0.3) is 0 Å². The summed E-state index contributed by atoms with van der Waals surface area (Å²) in [6.45, 7) is 3.77. The molecule has 1 rings (SSSR count). The Labute approximate surface area is 85.3 Å². The summed E-state index contributed by atoms with van der Waals surface area (Å²) in [6, 6.07) is 0.215. The molecule has 0 aromatic carbocycles. The quantitative estimate of drug-likeness (QED) is 0.629. The first-order valence-electron chi connectivity index (χ1n) is 5.33. The van der Waals surface area contributed by atoms with E-state index < -0.39 is 12.0 Å². The van der Waals surface area contributed by atoms with Gasteiger partial charge < -0.3 is 10.4 Å². The number of likely N-dealkylation sites (N-methyl/N-ethyl adjacent to an activating group) is 1. The van der Waals surface area contributed by atoms with Gasteiger partial charge in [0.25, 0.3) is 0 Å². The van der Waals surface area contributed by atoms with Gasteiger partial charge in [-0.3, -0.25) is 9.69 Å². The van der Waals surface area contributed by atoms with Gasteiger partial charge in [-0.05, 0) is 32.9 Å². The Morgan fingerprint density at radius 2 is 2.29 bits per heavy atom. The molecule has 14 heavy (non-hydrogen) atoms. The molecule has 0 bridgehead atoms. The van der Waals surface area contributed by atoms with Gasteiger partial charge in [-0.1, -0.05) is 6.92 Å². The molecule has 0 aromatic heterocycles. The van der Waals surface area contributed by atoms with Crippen LogP contribution in [0.1, 0.15) is 26.2 Å². The minimum atomic E-state index is -0.755. The van der Waals surface area contributed by atoms with Crippen molar-refractivity contribution in [2.45, 2.75) is 38.3 Å². The molecule has 4 heteroatoms. The van der Waals surface area contributed by atoms with E-state index in [1.54, 1.807) is 7.05 Å². The van der Waals surface area contributed by atoms with Gasteiger partial charge in [0.1, 0.15) is 6.04 Å². The van der Waals surface area contributed by atoms with Gasteiger partial charge in [-0.2, -0.15) is 0 Å². The molecule has 0 amide bonds. The summed E-state index contributed by atoms with van der Waals surface area (Å²) >= 11 is 0. The zero-order chi connectivity index (χ0) is 10.6. The van der Waals surface area contributed by atoms with Gasteiger partial charge in [0.15, 0.2) is 0 Å². The van der Waals surface area contributed by atoms with E-state index in [4.69, 9.17) is 5.11 Å². The van der Waals surface area contributed by atoms with Gasteiger partial charge in [-0.15, -0.1) is 0 Å². The number of aliphatic carboxylic acids is 1. The van der Waals surface area contributed by atoms with Crippen molar-refractivity contribution in [3.8, 4) is 0 Å². The highest BCUT2D eigenvalue weighted by Crippen LogP contribution is 2.26. The van der Waals surface area contributed by atoms with E-state index in [9.17, 15) is 4.79 Å². The van der Waals surface area contributed by atoms with Gasteiger partial charge >= 0.3 is 5.97 Å². The third-order valence-corrected chi connectivity index (χ3v) is 2.64. The molecule has 0 saturated heterocycles. The summed E-state index contributed by atoms with van der Waals surface area (Å²) in [5.74, 6) is -0.755. The van der Waals surface area contributed by atoms with Crippen LogP contribution in [0.3, 0.4) is 0 Å². The van der Waals surface area contributed by atoms with Crippen LogP contribution < -0.4 is 5.32 Å². The largest absolute Gasteiger partial charge is 0.480 e. The number of carbonyl (C=O) groups is 1. The van der Waals surface area contributed by atoms with Gasteiger partial charge in [0.05, 0.1) is 0 Å². The van der Waals surface area contributed by atoms with Crippen molar-refractivity contribution in [3.05, 3.63) is 0 Å². The molecule has 0 aliphatic heterocycles. The van der Waals surface area contributed by atoms with Crippen molar-refractivity contribution in [1.82, 2.24) is 10.2 Å². The first-order valence-corrected chi connectivity index (χ1v) is 5.33. The molecule has 1 saturated carbocycles. The van der Waals surface area contributed by atoms with Gasteiger partial charge in [0.2, 0.25) is 0 Å². The van der Waals surface area contributed by atoms with Crippen LogP contribution in [0, 0.1) is 0 Å². The van der Waals surface area contributed by atoms with E-state index in [0.717, 1.165) is 13.0 Å². The summed E-state index contributed by atoms with van der Waals surface area (Å²) in [7, 11) is 1.70. The lowest BCUT2D eigenvalue weighted by atomic mass is 10.2. The maximum absolute atomic E-state index is 10.8. The molecule has 1 fully saturated rings. The molecule has 0 spiro atoms. The second-order valence-corrected chi connectivity index (χ2v) is 3.91. The third kappa shape index (κ3) is 3.27. The van der Waals surface area contributed by atoms with E-state index in [1.165, 1.54) is 12.8 Å². The number of nitrogens with zero attached hydrogens (tertiary/aromatic N) is 1. The maximum atomic E-state index is 10.8. The molecule has 0 aromatic rings. The number of carboxylic acids is 1. The summed E-state index contributed by atoms with van der Waals surface area (Å²) in [6.07, 6.45) is 3.55. The topological polar surface area (TPSA) is 52.6 Å². The highest BCUT2D eigenvalue weighted by Gasteiger charge is 2.31. The van der Waals surface area contributed by atoms with Crippen molar-refractivity contribution in [2.75, 3.05) is 20.1 Å². The predicted octanol–water partition coefficient (Wildman–Crippen LogP) is 0.533. The van der Waals surface area contributed by atoms with E-state index in [1.807, 2.05) is 0 Å². The Balaban J connectivity index is 2.39. The molecule has 1 aliphatic carbocycles. The predicted molar refractivity (Wildman–Crippen MR) is 55.4 cm³/mol. The van der Waals surface area contributed by atoms with Crippen molar-refractivity contribution < 1.29 is 9.90 Å². The maximum Gasteiger partial charge on any atom is 0.322 e. The van der Waals surface area contributed by atoms with Crippen LogP contribution in [0.15, 0.2) is 0 Å². The van der Waals surface area contributed by atoms with Crippen LogP contribution in [-0.4, -0.2) is 48.2 Å². The van der Waals surface area contributed by atoms with E-state index >= 15 is 0 Å². The van der Waals surface area contributed by atoms with Crippen molar-refractivity contribution in [3.63, 3.8) is 0 Å². The summed E-state index contributed by atoms with van der Waals surface area (Å²) in [4.78, 5) is 13.1. The fourth-order valence-corrected chi connectivity index (χ4v) is 1.68. The zero-order valence-electron chi connectivity index (χ0n) is 8.99. The zero-order valence-corrected chi connectivity index (χ0v) is 8.99. The average Bonchev–Trinajstić information content (AvgIpc) is 2.94. The Morgan fingerprint density at radius 3 is 2.64 bits per heavy atom. The Morgan fingerprint density at radius 1 is 1.64 bits per heavy atom. The second-order valence-electron chi connectivity index (χ2n) is 3.91. The molecule has 1 atom stereocenters. The van der Waals surface area contributed by atoms with Gasteiger partial charge in [-0.25, -0.2) is 0 Å².